The molecular weight excluding hydrogens is 240 g/mol. The van der Waals surface area contributed by atoms with Crippen LogP contribution in [-0.2, 0) is 6.54 Å². The lowest BCUT2D eigenvalue weighted by Crippen LogP contribution is -2.29. The summed E-state index contributed by atoms with van der Waals surface area (Å²) in [5.74, 6) is 1.77. The van der Waals surface area contributed by atoms with Crippen molar-refractivity contribution >= 4 is 0 Å². The van der Waals surface area contributed by atoms with E-state index in [1.54, 1.807) is 0 Å². The van der Waals surface area contributed by atoms with E-state index in [-0.39, 0.29) is 0 Å². The molecule has 0 spiro atoms. The maximum Gasteiger partial charge on any atom is 0.165 e. The van der Waals surface area contributed by atoms with Crippen LogP contribution in [0, 0.1) is 0 Å². The summed E-state index contributed by atoms with van der Waals surface area (Å²) >= 11 is 0. The SMILES string of the molecule is CC(CCN(C)C)NCc1cccc2c1OCCO2. The van der Waals surface area contributed by atoms with Crippen LogP contribution >= 0.6 is 0 Å². The lowest BCUT2D eigenvalue weighted by molar-refractivity contribution is 0.169. The summed E-state index contributed by atoms with van der Waals surface area (Å²) in [7, 11) is 4.21. The van der Waals surface area contributed by atoms with Gasteiger partial charge in [0, 0.05) is 18.2 Å². The molecule has 2 rings (SSSR count). The number of para-hydroxylation sites is 1. The van der Waals surface area contributed by atoms with Gasteiger partial charge in [0.25, 0.3) is 0 Å². The number of benzene rings is 1. The Morgan fingerprint density at radius 2 is 2.05 bits per heavy atom. The van der Waals surface area contributed by atoms with E-state index in [9.17, 15) is 0 Å². The average molecular weight is 264 g/mol. The highest BCUT2D eigenvalue weighted by atomic mass is 16.6. The van der Waals surface area contributed by atoms with Crippen LogP contribution in [0.1, 0.15) is 18.9 Å². The van der Waals surface area contributed by atoms with Gasteiger partial charge in [-0.3, -0.25) is 0 Å². The summed E-state index contributed by atoms with van der Waals surface area (Å²) in [6.07, 6.45) is 1.14. The Morgan fingerprint density at radius 3 is 2.84 bits per heavy atom. The van der Waals surface area contributed by atoms with Crippen molar-refractivity contribution in [2.24, 2.45) is 0 Å². The van der Waals surface area contributed by atoms with Crippen LogP contribution in [0.25, 0.3) is 0 Å². The third kappa shape index (κ3) is 4.11. The van der Waals surface area contributed by atoms with Crippen molar-refractivity contribution in [3.8, 4) is 11.5 Å². The minimum Gasteiger partial charge on any atom is -0.486 e. The van der Waals surface area contributed by atoms with Crippen LogP contribution in [0.2, 0.25) is 0 Å². The van der Waals surface area contributed by atoms with Crippen LogP contribution in [0.3, 0.4) is 0 Å². The fourth-order valence-corrected chi connectivity index (χ4v) is 2.11. The highest BCUT2D eigenvalue weighted by Crippen LogP contribution is 2.33. The van der Waals surface area contributed by atoms with Crippen molar-refractivity contribution in [2.45, 2.75) is 25.9 Å². The summed E-state index contributed by atoms with van der Waals surface area (Å²) in [5, 5.41) is 3.54. The molecule has 1 aliphatic rings. The van der Waals surface area contributed by atoms with Gasteiger partial charge in [-0.05, 0) is 40.1 Å². The molecular formula is C15H24N2O2. The van der Waals surface area contributed by atoms with Crippen molar-refractivity contribution < 1.29 is 9.47 Å². The van der Waals surface area contributed by atoms with Gasteiger partial charge >= 0.3 is 0 Å². The topological polar surface area (TPSA) is 33.7 Å². The second-order valence-electron chi connectivity index (χ2n) is 5.32. The van der Waals surface area contributed by atoms with E-state index >= 15 is 0 Å². The Morgan fingerprint density at radius 1 is 1.26 bits per heavy atom. The molecule has 4 nitrogen and oxygen atoms in total. The first-order valence-electron chi connectivity index (χ1n) is 6.92. The number of fused-ring (bicyclic) bond motifs is 1. The summed E-state index contributed by atoms with van der Waals surface area (Å²) in [6.45, 7) is 5.42. The monoisotopic (exact) mass is 264 g/mol. The number of nitrogens with zero attached hydrogens (tertiary/aromatic N) is 1. The molecule has 19 heavy (non-hydrogen) atoms. The summed E-state index contributed by atoms with van der Waals surface area (Å²) < 4.78 is 11.3. The number of hydrogen-bond donors (Lipinski definition) is 1. The second kappa shape index (κ2) is 6.78. The highest BCUT2D eigenvalue weighted by Gasteiger charge is 2.15. The van der Waals surface area contributed by atoms with Crippen LogP contribution in [0.5, 0.6) is 11.5 Å². The zero-order valence-corrected chi connectivity index (χ0v) is 12.1. The van der Waals surface area contributed by atoms with Crippen LogP contribution < -0.4 is 14.8 Å². The third-order valence-corrected chi connectivity index (χ3v) is 3.30. The van der Waals surface area contributed by atoms with E-state index in [1.165, 1.54) is 5.56 Å². The maximum absolute atomic E-state index is 5.71. The molecule has 0 saturated carbocycles. The molecule has 1 atom stereocenters. The first-order valence-corrected chi connectivity index (χ1v) is 6.92. The van der Waals surface area contributed by atoms with Crippen LogP contribution in [0.15, 0.2) is 18.2 Å². The van der Waals surface area contributed by atoms with Gasteiger partial charge in [0.1, 0.15) is 13.2 Å². The standard InChI is InChI=1S/C15H24N2O2/c1-12(7-8-17(2)3)16-11-13-5-4-6-14-15(13)19-10-9-18-14/h4-6,12,16H,7-11H2,1-3H3. The lowest BCUT2D eigenvalue weighted by Gasteiger charge is -2.22. The van der Waals surface area contributed by atoms with Gasteiger partial charge in [0.05, 0.1) is 0 Å². The minimum absolute atomic E-state index is 0.489. The number of hydrogen-bond acceptors (Lipinski definition) is 4. The van der Waals surface area contributed by atoms with Crippen molar-refractivity contribution in [1.29, 1.82) is 0 Å². The van der Waals surface area contributed by atoms with Crippen LogP contribution in [0.4, 0.5) is 0 Å². The number of ether oxygens (including phenoxy) is 2. The lowest BCUT2D eigenvalue weighted by atomic mass is 10.1. The molecule has 1 unspecified atom stereocenters. The van der Waals surface area contributed by atoms with E-state index in [0.717, 1.165) is 31.0 Å². The van der Waals surface area contributed by atoms with Gasteiger partial charge in [0.15, 0.2) is 11.5 Å². The van der Waals surface area contributed by atoms with Gasteiger partial charge in [-0.2, -0.15) is 0 Å². The Labute approximate surface area is 115 Å². The van der Waals surface area contributed by atoms with E-state index in [0.29, 0.717) is 19.3 Å². The molecule has 0 amide bonds. The molecule has 1 heterocycles. The number of nitrogens with one attached hydrogen (secondary N) is 1. The molecule has 0 saturated heterocycles. The van der Waals surface area contributed by atoms with Gasteiger partial charge < -0.3 is 19.7 Å². The Balaban J connectivity index is 1.89. The molecule has 0 aliphatic carbocycles. The summed E-state index contributed by atoms with van der Waals surface area (Å²) in [6, 6.07) is 6.57. The van der Waals surface area contributed by atoms with Gasteiger partial charge in [-0.1, -0.05) is 12.1 Å². The fourth-order valence-electron chi connectivity index (χ4n) is 2.11. The molecule has 1 aliphatic heterocycles. The summed E-state index contributed by atoms with van der Waals surface area (Å²) in [4.78, 5) is 2.21. The van der Waals surface area contributed by atoms with E-state index in [2.05, 4.69) is 37.3 Å². The number of rotatable bonds is 6. The van der Waals surface area contributed by atoms with Crippen LogP contribution in [-0.4, -0.2) is 44.8 Å². The zero-order chi connectivity index (χ0) is 13.7. The molecule has 106 valence electrons. The van der Waals surface area contributed by atoms with E-state index in [1.807, 2.05) is 12.1 Å². The smallest absolute Gasteiger partial charge is 0.165 e. The molecule has 1 aromatic rings. The molecule has 0 radical (unpaired) electrons. The Kier molecular flexibility index (Phi) is 5.05. The van der Waals surface area contributed by atoms with Gasteiger partial charge in [0.2, 0.25) is 0 Å². The van der Waals surface area contributed by atoms with E-state index < -0.39 is 0 Å². The Hall–Kier alpha value is -1.26. The molecule has 1 aromatic carbocycles. The first kappa shape index (κ1) is 14.2. The van der Waals surface area contributed by atoms with Crippen molar-refractivity contribution in [2.75, 3.05) is 33.9 Å². The molecule has 4 heteroatoms. The molecule has 0 aromatic heterocycles. The largest absolute Gasteiger partial charge is 0.486 e. The van der Waals surface area contributed by atoms with Gasteiger partial charge in [-0.15, -0.1) is 0 Å². The molecule has 0 fully saturated rings. The summed E-state index contributed by atoms with van der Waals surface area (Å²) in [5.41, 5.74) is 1.17. The van der Waals surface area contributed by atoms with E-state index in [4.69, 9.17) is 9.47 Å². The predicted octanol–water partition coefficient (Wildman–Crippen LogP) is 1.89. The third-order valence-electron chi connectivity index (χ3n) is 3.30. The van der Waals surface area contributed by atoms with Gasteiger partial charge in [-0.25, -0.2) is 0 Å². The first-order chi connectivity index (χ1) is 9.16. The van der Waals surface area contributed by atoms with Crippen molar-refractivity contribution in [3.63, 3.8) is 0 Å². The quantitative estimate of drug-likeness (QED) is 0.850. The second-order valence-corrected chi connectivity index (χ2v) is 5.32. The van der Waals surface area contributed by atoms with Crippen molar-refractivity contribution in [1.82, 2.24) is 10.2 Å². The normalized spacial score (nSPS) is 15.6. The maximum atomic E-state index is 5.71. The Bertz CT molecular complexity index is 407. The predicted molar refractivity (Wildman–Crippen MR) is 76.9 cm³/mol. The zero-order valence-electron chi connectivity index (χ0n) is 12.1. The molecule has 0 bridgehead atoms. The fraction of sp³-hybridized carbons (Fsp3) is 0.600. The minimum atomic E-state index is 0.489. The van der Waals surface area contributed by atoms with Crippen molar-refractivity contribution in [3.05, 3.63) is 23.8 Å². The highest BCUT2D eigenvalue weighted by molar-refractivity contribution is 5.47. The average Bonchev–Trinajstić information content (AvgIpc) is 2.42. The molecule has 1 N–H and O–H groups in total.